The number of anilines is 2. The lowest BCUT2D eigenvalue weighted by molar-refractivity contribution is -0.126. The molecule has 36 heavy (non-hydrogen) atoms. The molecule has 1 amide bonds. The van der Waals surface area contributed by atoms with Crippen molar-refractivity contribution in [3.05, 3.63) is 53.1 Å². The molecule has 2 rings (SSSR count). The minimum absolute atomic E-state index is 0.105. The number of benzene rings is 2. The van der Waals surface area contributed by atoms with E-state index in [1.165, 1.54) is 21.7 Å². The molecule has 0 radical (unpaired) electrons. The molecule has 1 unspecified atom stereocenters. The van der Waals surface area contributed by atoms with E-state index in [0.29, 0.717) is 23.5 Å². The van der Waals surface area contributed by atoms with Crippen molar-refractivity contribution in [3.63, 3.8) is 0 Å². The summed E-state index contributed by atoms with van der Waals surface area (Å²) in [6.07, 6.45) is 0.184. The first-order valence-corrected chi connectivity index (χ1v) is 11.8. The van der Waals surface area contributed by atoms with Crippen molar-refractivity contribution >= 4 is 40.1 Å². The van der Waals surface area contributed by atoms with E-state index in [2.05, 4.69) is 29.2 Å². The van der Waals surface area contributed by atoms with E-state index in [4.69, 9.17) is 9.59 Å². The van der Waals surface area contributed by atoms with Crippen LogP contribution in [0.3, 0.4) is 0 Å². The third-order valence-electron chi connectivity index (χ3n) is 4.43. The lowest BCUT2D eigenvalue weighted by Gasteiger charge is -2.17. The molecule has 7 nitrogen and oxygen atoms in total. The Bertz CT molecular complexity index is 922. The summed E-state index contributed by atoms with van der Waals surface area (Å²) in [5, 5.41) is 15.7. The number of amides is 1. The van der Waals surface area contributed by atoms with E-state index in [0.717, 1.165) is 11.1 Å². The van der Waals surface area contributed by atoms with E-state index < -0.39 is 17.9 Å². The highest BCUT2D eigenvalue weighted by Gasteiger charge is 2.24. The topological polar surface area (TPSA) is 105 Å². The number of halogens is 2. The first-order valence-electron chi connectivity index (χ1n) is 11.2. The first kappa shape index (κ1) is 35.3. The molecule has 0 aliphatic rings. The van der Waals surface area contributed by atoms with Gasteiger partial charge in [0.2, 0.25) is 0 Å². The average molecular weight is 529 g/mol. The molecule has 0 aliphatic heterocycles. The molecular weight excluding hydrogens is 489 g/mol. The van der Waals surface area contributed by atoms with Gasteiger partial charge in [0, 0.05) is 24.0 Å². The maximum Gasteiger partial charge on any atom is 0.408 e. The van der Waals surface area contributed by atoms with Crippen molar-refractivity contribution in [1.29, 1.82) is 0 Å². The number of ether oxygens (including phenoxy) is 1. The predicted octanol–water partition coefficient (Wildman–Crippen LogP) is 5.72. The molecule has 0 saturated heterocycles. The second kappa shape index (κ2) is 18.4. The van der Waals surface area contributed by atoms with Gasteiger partial charge < -0.3 is 30.1 Å². The van der Waals surface area contributed by atoms with Crippen molar-refractivity contribution < 1.29 is 33.0 Å². The highest BCUT2D eigenvalue weighted by molar-refractivity contribution is 7.17. The Morgan fingerprint density at radius 2 is 1.56 bits per heavy atom. The molecule has 10 heteroatoms. The van der Waals surface area contributed by atoms with Crippen LogP contribution < -0.4 is 15.4 Å². The quantitative estimate of drug-likeness (QED) is 0.379. The van der Waals surface area contributed by atoms with Gasteiger partial charge in [0.25, 0.3) is 5.91 Å². The van der Waals surface area contributed by atoms with Gasteiger partial charge in [-0.2, -0.15) is 8.78 Å². The van der Waals surface area contributed by atoms with Crippen LogP contribution >= 0.6 is 9.24 Å². The van der Waals surface area contributed by atoms with Crippen molar-refractivity contribution in [2.24, 2.45) is 5.92 Å². The summed E-state index contributed by atoms with van der Waals surface area (Å²) in [4.78, 5) is 28.0. The zero-order valence-electron chi connectivity index (χ0n) is 21.9. The van der Waals surface area contributed by atoms with Gasteiger partial charge in [-0.3, -0.25) is 4.79 Å². The van der Waals surface area contributed by atoms with Crippen LogP contribution in [-0.4, -0.2) is 36.5 Å². The Morgan fingerprint density at radius 1 is 1.03 bits per heavy atom. The van der Waals surface area contributed by atoms with Crippen molar-refractivity contribution in [2.45, 2.75) is 66.5 Å². The van der Waals surface area contributed by atoms with E-state index in [-0.39, 0.29) is 11.7 Å². The Kier molecular flexibility index (Phi) is 18.0. The second-order valence-corrected chi connectivity index (χ2v) is 8.70. The zero-order valence-corrected chi connectivity index (χ0v) is 23.0. The molecule has 3 N–H and O–H groups in total. The molecule has 2 aromatic carbocycles. The first-order chi connectivity index (χ1) is 16.9. The van der Waals surface area contributed by atoms with Crippen LogP contribution in [0.4, 0.5) is 20.2 Å². The Balaban J connectivity index is 0. The van der Waals surface area contributed by atoms with Crippen molar-refractivity contribution in [3.8, 4) is 5.75 Å². The molecule has 0 saturated carbocycles. The van der Waals surface area contributed by atoms with Crippen LogP contribution in [0.25, 0.3) is 0 Å². The number of carbonyl (C=O) groups is 3. The molecule has 0 aliphatic carbocycles. The summed E-state index contributed by atoms with van der Waals surface area (Å²) in [5.41, 5.74) is 3.78. The third kappa shape index (κ3) is 13.9. The monoisotopic (exact) mass is 528 g/mol. The number of hydrogen-bond donors (Lipinski definition) is 3. The zero-order chi connectivity index (χ0) is 28.5. The normalized spacial score (nSPS) is 10.9. The fraction of sp³-hybridized carbons (Fsp3) is 0.423. The molecule has 2 atom stereocenters. The fourth-order valence-electron chi connectivity index (χ4n) is 2.65. The summed E-state index contributed by atoms with van der Waals surface area (Å²) in [6.45, 7) is 15.9. The number of aliphatic hydroxyl groups is 1. The molecule has 0 fully saturated rings. The number of hydrogen-bond acceptors (Lipinski definition) is 6. The maximum absolute atomic E-state index is 13.1. The maximum atomic E-state index is 13.1. The lowest BCUT2D eigenvalue weighted by atomic mass is 10.1. The number of aryl methyl sites for hydroxylation is 2. The van der Waals surface area contributed by atoms with Gasteiger partial charge in [-0.15, -0.1) is 0 Å². The Hall–Kier alpha value is -2.90. The number of carbonyl (C=O) groups excluding carboxylic acids is 3. The van der Waals surface area contributed by atoms with E-state index in [9.17, 15) is 18.7 Å². The van der Waals surface area contributed by atoms with Gasteiger partial charge in [-0.1, -0.05) is 46.2 Å². The summed E-state index contributed by atoms with van der Waals surface area (Å²) < 4.78 is 30.9. The Morgan fingerprint density at radius 3 is 2.03 bits per heavy atom. The molecule has 0 bridgehead atoms. The molecule has 202 valence electrons. The van der Waals surface area contributed by atoms with Crippen molar-refractivity contribution in [2.75, 3.05) is 10.6 Å². The number of aliphatic hydroxyl groups excluding tert-OH is 1. The molecule has 0 aromatic heterocycles. The SMILES string of the molecule is C=O.C=O.CCC.Cc1cc(NC(=O)[C@@H](O)C(C)C)ccc1CNc1ccc(C)c(OC(F)(F)P)c1. The minimum atomic E-state index is -3.33. The average Bonchev–Trinajstić information content (AvgIpc) is 2.82. The van der Waals surface area contributed by atoms with Gasteiger partial charge in [-0.25, -0.2) is 0 Å². The second-order valence-electron chi connectivity index (χ2n) is 8.02. The lowest BCUT2D eigenvalue weighted by Crippen LogP contribution is -2.31. The van der Waals surface area contributed by atoms with Gasteiger partial charge >= 0.3 is 5.85 Å². The van der Waals surface area contributed by atoms with Gasteiger partial charge in [-0.05, 0) is 63.9 Å². The highest BCUT2D eigenvalue weighted by Crippen LogP contribution is 2.31. The number of rotatable bonds is 8. The van der Waals surface area contributed by atoms with E-state index in [1.54, 1.807) is 39.0 Å². The number of nitrogens with one attached hydrogen (secondary N) is 2. The van der Waals surface area contributed by atoms with Gasteiger partial charge in [0.15, 0.2) is 0 Å². The van der Waals surface area contributed by atoms with Gasteiger partial charge in [0.05, 0.1) is 0 Å². The molecule has 0 spiro atoms. The van der Waals surface area contributed by atoms with Crippen LogP contribution in [0.15, 0.2) is 36.4 Å². The number of alkyl halides is 2. The smallest absolute Gasteiger partial charge is 0.408 e. The van der Waals surface area contributed by atoms with E-state index in [1.807, 2.05) is 32.6 Å². The molecule has 2 aromatic rings. The highest BCUT2D eigenvalue weighted by atomic mass is 31.0. The summed E-state index contributed by atoms with van der Waals surface area (Å²) >= 11 is 0. The van der Waals surface area contributed by atoms with Gasteiger partial charge in [0.1, 0.15) is 25.4 Å². The van der Waals surface area contributed by atoms with Crippen LogP contribution in [0, 0.1) is 19.8 Å². The fourth-order valence-corrected chi connectivity index (χ4v) is 2.78. The van der Waals surface area contributed by atoms with E-state index >= 15 is 0 Å². The molecule has 0 heterocycles. The van der Waals surface area contributed by atoms with Crippen LogP contribution in [0.5, 0.6) is 5.75 Å². The summed E-state index contributed by atoms with van der Waals surface area (Å²) in [7, 11) is 1.36. The predicted molar refractivity (Wildman–Crippen MR) is 145 cm³/mol. The third-order valence-corrected chi connectivity index (χ3v) is 4.55. The Labute approximate surface area is 215 Å². The van der Waals surface area contributed by atoms with Crippen LogP contribution in [0.2, 0.25) is 0 Å². The summed E-state index contributed by atoms with van der Waals surface area (Å²) in [5.74, 6) is -3.84. The standard InChI is InChI=1S/C21H27F2N2O3P.C3H8.2CH2O/c1-12(2)19(26)20(27)25-17-8-6-15(14(4)9-17)11-24-16-7-5-13(3)18(10-16)28-21(22,23)29;1-3-2;2*1-2/h5-10,12,19,24,26H,11,29H2,1-4H3,(H,25,27);3H2,1-2H3;2*1H2/t19-;;;/m0.../s1. The van der Waals surface area contributed by atoms with Crippen LogP contribution in [-0.2, 0) is 20.9 Å². The summed E-state index contributed by atoms with van der Waals surface area (Å²) in [6, 6.07) is 10.5. The molecular formula is C26H39F2N2O5P. The largest absolute Gasteiger partial charge is 0.430 e. The van der Waals surface area contributed by atoms with Crippen molar-refractivity contribution in [1.82, 2.24) is 0 Å². The van der Waals surface area contributed by atoms with Crippen LogP contribution in [0.1, 0.15) is 50.8 Å². The minimum Gasteiger partial charge on any atom is -0.430 e.